The van der Waals surface area contributed by atoms with Crippen LogP contribution in [0.1, 0.15) is 18.9 Å². The van der Waals surface area contributed by atoms with Crippen molar-refractivity contribution < 1.29 is 37.0 Å². The second-order valence-electron chi connectivity index (χ2n) is 8.88. The van der Waals surface area contributed by atoms with E-state index < -0.39 is 33.8 Å². The fraction of sp³-hybridized carbons (Fsp3) is 0.250. The maximum Gasteiger partial charge on any atom is 0.308 e. The van der Waals surface area contributed by atoms with Gasteiger partial charge in [0.15, 0.2) is 11.5 Å². The van der Waals surface area contributed by atoms with Gasteiger partial charge in [0.2, 0.25) is 15.9 Å². The Balaban J connectivity index is 1.66. The Bertz CT molecular complexity index is 1520. The highest BCUT2D eigenvalue weighted by Crippen LogP contribution is 2.32. The first-order chi connectivity index (χ1) is 19.0. The van der Waals surface area contributed by atoms with Crippen LogP contribution in [-0.2, 0) is 30.8 Å². The van der Waals surface area contributed by atoms with Crippen LogP contribution in [0.25, 0.3) is 0 Å². The van der Waals surface area contributed by atoms with E-state index in [4.69, 9.17) is 25.8 Å². The molecule has 1 saturated heterocycles. The van der Waals surface area contributed by atoms with Gasteiger partial charge < -0.3 is 14.2 Å². The molecule has 4 rings (SSSR count). The summed E-state index contributed by atoms with van der Waals surface area (Å²) in [5, 5.41) is 0.353. The third-order valence-corrected chi connectivity index (χ3v) is 8.49. The van der Waals surface area contributed by atoms with Crippen molar-refractivity contribution in [2.24, 2.45) is 0 Å². The summed E-state index contributed by atoms with van der Waals surface area (Å²) in [5.74, 6) is -0.522. The normalized spacial score (nSPS) is 15.4. The summed E-state index contributed by atoms with van der Waals surface area (Å²) in [6.45, 7) is 1.16. The van der Waals surface area contributed by atoms with Gasteiger partial charge in [-0.1, -0.05) is 17.7 Å². The van der Waals surface area contributed by atoms with E-state index in [0.717, 1.165) is 14.8 Å². The quantitative estimate of drug-likeness (QED) is 0.200. The number of halogens is 1. The number of hydrogen-bond donors (Lipinski definition) is 0. The van der Waals surface area contributed by atoms with Gasteiger partial charge in [-0.25, -0.2) is 13.3 Å². The average Bonchev–Trinajstić information content (AvgIpc) is 3.22. The van der Waals surface area contributed by atoms with Crippen LogP contribution >= 0.6 is 11.6 Å². The van der Waals surface area contributed by atoms with Crippen molar-refractivity contribution in [3.8, 4) is 17.2 Å². The van der Waals surface area contributed by atoms with E-state index in [1.165, 1.54) is 69.7 Å². The number of sulfonamides is 1. The van der Waals surface area contributed by atoms with Gasteiger partial charge in [-0.3, -0.25) is 14.4 Å². The molecule has 40 heavy (non-hydrogen) atoms. The molecule has 1 heterocycles. The van der Waals surface area contributed by atoms with Gasteiger partial charge >= 0.3 is 5.97 Å². The molecule has 1 atom stereocenters. The number of ether oxygens (including phenoxy) is 3. The number of benzene rings is 3. The molecule has 210 valence electrons. The molecule has 3 aromatic carbocycles. The zero-order chi connectivity index (χ0) is 29.0. The van der Waals surface area contributed by atoms with Gasteiger partial charge in [0.05, 0.1) is 31.2 Å². The Hall–Kier alpha value is -3.93. The molecule has 0 aromatic heterocycles. The van der Waals surface area contributed by atoms with Gasteiger partial charge in [-0.15, -0.1) is 0 Å². The fourth-order valence-corrected chi connectivity index (χ4v) is 6.11. The van der Waals surface area contributed by atoms with Gasteiger partial charge in [0.1, 0.15) is 11.8 Å². The van der Waals surface area contributed by atoms with Crippen LogP contribution in [0.2, 0.25) is 5.02 Å². The summed E-state index contributed by atoms with van der Waals surface area (Å²) >= 11 is 5.97. The third-order valence-electron chi connectivity index (χ3n) is 6.32. The Labute approximate surface area is 237 Å². The van der Waals surface area contributed by atoms with Crippen LogP contribution < -0.4 is 19.1 Å². The van der Waals surface area contributed by atoms with Gasteiger partial charge in [-0.2, -0.15) is 4.31 Å². The molecule has 0 aliphatic carbocycles. The minimum absolute atomic E-state index is 0.0614. The standard InChI is InChI=1S/C28H27ClN2O8S/c1-18(32)39-22-9-7-21(8-10-22)31-27(33)17-24(28(31)34)30(40(35,36)23-11-5-20(29)6-12-23)15-14-19-4-13-25(37-2)26(16-19)38-3/h4-13,16,24H,14-15,17H2,1-3H3. The van der Waals surface area contributed by atoms with Crippen molar-refractivity contribution >= 4 is 45.1 Å². The van der Waals surface area contributed by atoms with E-state index in [0.29, 0.717) is 16.5 Å². The average molecular weight is 587 g/mol. The Kier molecular flexibility index (Phi) is 8.77. The lowest BCUT2D eigenvalue weighted by atomic mass is 10.1. The molecule has 1 fully saturated rings. The molecule has 0 spiro atoms. The maximum atomic E-state index is 13.8. The Morgan fingerprint density at radius 3 is 2.23 bits per heavy atom. The van der Waals surface area contributed by atoms with Crippen molar-refractivity contribution in [1.29, 1.82) is 0 Å². The maximum absolute atomic E-state index is 13.8. The highest BCUT2D eigenvalue weighted by Gasteiger charge is 2.46. The van der Waals surface area contributed by atoms with Crippen molar-refractivity contribution in [3.63, 3.8) is 0 Å². The zero-order valence-electron chi connectivity index (χ0n) is 22.0. The molecule has 2 amide bonds. The molecule has 12 heteroatoms. The number of carbonyl (C=O) groups is 3. The molecule has 10 nitrogen and oxygen atoms in total. The van der Waals surface area contributed by atoms with Crippen LogP contribution in [-0.4, -0.2) is 57.3 Å². The smallest absolute Gasteiger partial charge is 0.308 e. The number of amides is 2. The predicted octanol–water partition coefficient (Wildman–Crippen LogP) is 3.85. The van der Waals surface area contributed by atoms with E-state index in [-0.39, 0.29) is 35.7 Å². The number of hydrogen-bond acceptors (Lipinski definition) is 8. The summed E-state index contributed by atoms with van der Waals surface area (Å²) < 4.78 is 44.3. The molecular formula is C28H27ClN2O8S. The fourth-order valence-electron chi connectivity index (χ4n) is 4.40. The number of esters is 1. The number of nitrogens with zero attached hydrogens (tertiary/aromatic N) is 2. The second kappa shape index (κ2) is 12.1. The molecule has 0 bridgehead atoms. The van der Waals surface area contributed by atoms with Crippen LogP contribution in [0.15, 0.2) is 71.6 Å². The summed E-state index contributed by atoms with van der Waals surface area (Å²) in [6, 6.07) is 15.3. The highest BCUT2D eigenvalue weighted by atomic mass is 35.5. The molecule has 1 unspecified atom stereocenters. The van der Waals surface area contributed by atoms with Crippen molar-refractivity contribution in [2.75, 3.05) is 25.7 Å². The monoisotopic (exact) mass is 586 g/mol. The summed E-state index contributed by atoms with van der Waals surface area (Å²) in [7, 11) is -1.22. The predicted molar refractivity (Wildman–Crippen MR) is 147 cm³/mol. The van der Waals surface area contributed by atoms with E-state index in [1.807, 2.05) is 0 Å². The third kappa shape index (κ3) is 6.11. The second-order valence-corrected chi connectivity index (χ2v) is 11.2. The van der Waals surface area contributed by atoms with Gasteiger partial charge in [0, 0.05) is 18.5 Å². The lowest BCUT2D eigenvalue weighted by Crippen LogP contribution is -2.46. The first kappa shape index (κ1) is 29.1. The van der Waals surface area contributed by atoms with E-state index >= 15 is 0 Å². The van der Waals surface area contributed by atoms with Crippen molar-refractivity contribution in [1.82, 2.24) is 4.31 Å². The van der Waals surface area contributed by atoms with E-state index in [2.05, 4.69) is 0 Å². The van der Waals surface area contributed by atoms with Crippen molar-refractivity contribution in [3.05, 3.63) is 77.3 Å². The van der Waals surface area contributed by atoms with Crippen molar-refractivity contribution in [2.45, 2.75) is 30.7 Å². The topological polar surface area (TPSA) is 120 Å². The molecule has 3 aromatic rings. The SMILES string of the molecule is COc1ccc(CCN(C2CC(=O)N(c3ccc(OC(C)=O)cc3)C2=O)S(=O)(=O)c2ccc(Cl)cc2)cc1OC. The Morgan fingerprint density at radius 1 is 0.975 bits per heavy atom. The highest BCUT2D eigenvalue weighted by molar-refractivity contribution is 7.89. The van der Waals surface area contributed by atoms with Gasteiger partial charge in [-0.05, 0) is 72.6 Å². The molecular weight excluding hydrogens is 560 g/mol. The molecule has 0 radical (unpaired) electrons. The molecule has 1 aliphatic heterocycles. The van der Waals surface area contributed by atoms with Gasteiger partial charge in [0.25, 0.3) is 5.91 Å². The minimum atomic E-state index is -4.22. The first-order valence-electron chi connectivity index (χ1n) is 12.2. The lowest BCUT2D eigenvalue weighted by Gasteiger charge is -2.27. The lowest BCUT2D eigenvalue weighted by molar-refractivity contribution is -0.132. The largest absolute Gasteiger partial charge is 0.493 e. The van der Waals surface area contributed by atoms with E-state index in [1.54, 1.807) is 18.2 Å². The van der Waals surface area contributed by atoms with E-state index in [9.17, 15) is 22.8 Å². The number of methoxy groups -OCH3 is 2. The number of anilines is 1. The van der Waals surface area contributed by atoms with Crippen LogP contribution in [0.4, 0.5) is 5.69 Å². The number of carbonyl (C=O) groups excluding carboxylic acids is 3. The van der Waals surface area contributed by atoms with Crippen LogP contribution in [0.5, 0.6) is 17.2 Å². The number of rotatable bonds is 10. The zero-order valence-corrected chi connectivity index (χ0v) is 23.6. The molecule has 0 saturated carbocycles. The minimum Gasteiger partial charge on any atom is -0.493 e. The summed E-state index contributed by atoms with van der Waals surface area (Å²) in [6.07, 6.45) is -0.120. The summed E-state index contributed by atoms with van der Waals surface area (Å²) in [4.78, 5) is 38.8. The van der Waals surface area contributed by atoms with Crippen LogP contribution in [0.3, 0.4) is 0 Å². The first-order valence-corrected chi connectivity index (χ1v) is 14.0. The molecule has 0 N–H and O–H groups in total. The number of imide groups is 1. The summed E-state index contributed by atoms with van der Waals surface area (Å²) in [5.41, 5.74) is 0.973. The Morgan fingerprint density at radius 2 is 1.62 bits per heavy atom. The molecule has 1 aliphatic rings. The van der Waals surface area contributed by atoms with Crippen LogP contribution in [0, 0.1) is 0 Å².